The quantitative estimate of drug-likeness (QED) is 0.585. The summed E-state index contributed by atoms with van der Waals surface area (Å²) in [6, 6.07) is 16.1. The van der Waals surface area contributed by atoms with Crippen LogP contribution >= 0.6 is 31.9 Å². The number of halogens is 3. The molecule has 1 atom stereocenters. The van der Waals surface area contributed by atoms with Gasteiger partial charge in [-0.15, -0.1) is 0 Å². The van der Waals surface area contributed by atoms with Crippen LogP contribution in [0.1, 0.15) is 17.2 Å². The zero-order valence-corrected chi connectivity index (χ0v) is 14.0. The van der Waals surface area contributed by atoms with Gasteiger partial charge < -0.3 is 5.11 Å². The molecular formula is C17H11Br2FO. The zero-order chi connectivity index (χ0) is 15.0. The number of fused-ring (bicyclic) bond motifs is 1. The Morgan fingerprint density at radius 1 is 0.810 bits per heavy atom. The summed E-state index contributed by atoms with van der Waals surface area (Å²) in [5.41, 5.74) is 0.935. The Kier molecular flexibility index (Phi) is 4.11. The molecule has 0 aliphatic carbocycles. The van der Waals surface area contributed by atoms with Crippen LogP contribution in [0.2, 0.25) is 0 Å². The molecule has 106 valence electrons. The minimum Gasteiger partial charge on any atom is -0.383 e. The second kappa shape index (κ2) is 5.87. The lowest BCUT2D eigenvalue weighted by Gasteiger charge is -2.17. The Labute approximate surface area is 138 Å². The average Bonchev–Trinajstić information content (AvgIpc) is 2.47. The van der Waals surface area contributed by atoms with Crippen molar-refractivity contribution >= 4 is 42.6 Å². The van der Waals surface area contributed by atoms with Gasteiger partial charge >= 0.3 is 0 Å². The summed E-state index contributed by atoms with van der Waals surface area (Å²) >= 11 is 6.81. The molecule has 0 saturated heterocycles. The SMILES string of the molecule is OC(c1c(F)cccc1Br)c1ccc(Br)c2ccccc12. The Hall–Kier alpha value is -1.23. The molecule has 3 aromatic rings. The molecule has 3 aromatic carbocycles. The van der Waals surface area contributed by atoms with Crippen LogP contribution in [0, 0.1) is 5.82 Å². The molecule has 0 aliphatic rings. The van der Waals surface area contributed by atoms with E-state index in [2.05, 4.69) is 31.9 Å². The molecule has 3 rings (SSSR count). The molecule has 0 fully saturated rings. The molecule has 1 nitrogen and oxygen atoms in total. The molecule has 1 N–H and O–H groups in total. The Bertz CT molecular complexity index is 797. The highest BCUT2D eigenvalue weighted by Gasteiger charge is 2.20. The average molecular weight is 410 g/mol. The molecule has 0 aliphatic heterocycles. The van der Waals surface area contributed by atoms with Crippen molar-refractivity contribution in [3.8, 4) is 0 Å². The molecule has 1 unspecified atom stereocenters. The lowest BCUT2D eigenvalue weighted by Crippen LogP contribution is -2.04. The lowest BCUT2D eigenvalue weighted by molar-refractivity contribution is 0.215. The third-order valence-corrected chi connectivity index (χ3v) is 4.86. The first kappa shape index (κ1) is 14.7. The third kappa shape index (κ3) is 2.63. The van der Waals surface area contributed by atoms with Gasteiger partial charge in [-0.3, -0.25) is 0 Å². The van der Waals surface area contributed by atoms with Crippen molar-refractivity contribution in [2.45, 2.75) is 6.10 Å². The van der Waals surface area contributed by atoms with Crippen LogP contribution in [0.15, 0.2) is 63.5 Å². The van der Waals surface area contributed by atoms with E-state index >= 15 is 0 Å². The maximum atomic E-state index is 14.1. The smallest absolute Gasteiger partial charge is 0.130 e. The van der Waals surface area contributed by atoms with Crippen LogP contribution < -0.4 is 0 Å². The van der Waals surface area contributed by atoms with Gasteiger partial charge in [-0.1, -0.05) is 68.3 Å². The summed E-state index contributed by atoms with van der Waals surface area (Å²) in [6.45, 7) is 0. The van der Waals surface area contributed by atoms with Gasteiger partial charge in [0.2, 0.25) is 0 Å². The molecule has 0 saturated carbocycles. The molecule has 0 radical (unpaired) electrons. The first-order valence-corrected chi connectivity index (χ1v) is 7.97. The van der Waals surface area contributed by atoms with E-state index in [-0.39, 0.29) is 5.56 Å². The molecule has 0 aromatic heterocycles. The maximum absolute atomic E-state index is 14.1. The van der Waals surface area contributed by atoms with E-state index in [4.69, 9.17) is 0 Å². The highest BCUT2D eigenvalue weighted by Crippen LogP contribution is 2.36. The van der Waals surface area contributed by atoms with Crippen molar-refractivity contribution in [2.24, 2.45) is 0 Å². The third-order valence-electron chi connectivity index (χ3n) is 3.47. The van der Waals surface area contributed by atoms with Crippen LogP contribution in [-0.4, -0.2) is 5.11 Å². The fraction of sp³-hybridized carbons (Fsp3) is 0.0588. The number of rotatable bonds is 2. The van der Waals surface area contributed by atoms with E-state index in [9.17, 15) is 9.50 Å². The second-order valence-corrected chi connectivity index (χ2v) is 6.43. The van der Waals surface area contributed by atoms with Gasteiger partial charge in [-0.2, -0.15) is 0 Å². The largest absolute Gasteiger partial charge is 0.383 e. The van der Waals surface area contributed by atoms with Gasteiger partial charge in [0.25, 0.3) is 0 Å². The van der Waals surface area contributed by atoms with E-state index in [0.717, 1.165) is 15.2 Å². The summed E-state index contributed by atoms with van der Waals surface area (Å²) in [5, 5.41) is 12.5. The Balaban J connectivity index is 2.23. The van der Waals surface area contributed by atoms with Gasteiger partial charge in [0.15, 0.2) is 0 Å². The predicted octanol–water partition coefficient (Wildman–Crippen LogP) is 5.59. The van der Waals surface area contributed by atoms with Crippen LogP contribution in [-0.2, 0) is 0 Å². The van der Waals surface area contributed by atoms with Crippen molar-refractivity contribution in [2.75, 3.05) is 0 Å². The molecule has 0 heterocycles. The van der Waals surface area contributed by atoms with Gasteiger partial charge in [-0.05, 0) is 34.5 Å². The number of aliphatic hydroxyl groups is 1. The van der Waals surface area contributed by atoms with Gasteiger partial charge in [0.05, 0.1) is 0 Å². The normalized spacial score (nSPS) is 12.6. The summed E-state index contributed by atoms with van der Waals surface area (Å²) in [6.07, 6.45) is -1.03. The standard InChI is InChI=1S/C17H11Br2FO/c18-13-9-8-12(10-4-1-2-5-11(10)13)17(21)16-14(19)6-3-7-15(16)20/h1-9,17,21H. The van der Waals surface area contributed by atoms with E-state index in [1.54, 1.807) is 12.1 Å². The molecule has 0 bridgehead atoms. The summed E-state index contributed by atoms with van der Waals surface area (Å²) in [5.74, 6) is -0.427. The van der Waals surface area contributed by atoms with Gasteiger partial charge in [0, 0.05) is 14.5 Å². The Morgan fingerprint density at radius 3 is 2.24 bits per heavy atom. The Morgan fingerprint density at radius 2 is 1.52 bits per heavy atom. The van der Waals surface area contributed by atoms with Crippen molar-refractivity contribution in [1.29, 1.82) is 0 Å². The summed E-state index contributed by atoms with van der Waals surface area (Å²) in [7, 11) is 0. The topological polar surface area (TPSA) is 20.2 Å². The first-order valence-electron chi connectivity index (χ1n) is 6.38. The van der Waals surface area contributed by atoms with Crippen LogP contribution in [0.25, 0.3) is 10.8 Å². The van der Waals surface area contributed by atoms with Gasteiger partial charge in [-0.25, -0.2) is 4.39 Å². The van der Waals surface area contributed by atoms with Crippen LogP contribution in [0.4, 0.5) is 4.39 Å². The van der Waals surface area contributed by atoms with Crippen molar-refractivity contribution in [3.05, 3.63) is 80.5 Å². The molecule has 0 spiro atoms. The fourth-order valence-corrected chi connectivity index (χ4v) is 3.49. The van der Waals surface area contributed by atoms with E-state index < -0.39 is 11.9 Å². The van der Waals surface area contributed by atoms with E-state index in [1.165, 1.54) is 6.07 Å². The summed E-state index contributed by atoms with van der Waals surface area (Å²) < 4.78 is 15.6. The first-order chi connectivity index (χ1) is 10.1. The van der Waals surface area contributed by atoms with E-state index in [1.807, 2.05) is 36.4 Å². The highest BCUT2D eigenvalue weighted by atomic mass is 79.9. The lowest BCUT2D eigenvalue weighted by atomic mass is 9.95. The van der Waals surface area contributed by atoms with E-state index in [0.29, 0.717) is 10.0 Å². The molecule has 21 heavy (non-hydrogen) atoms. The summed E-state index contributed by atoms with van der Waals surface area (Å²) in [4.78, 5) is 0. The van der Waals surface area contributed by atoms with Crippen molar-refractivity contribution in [1.82, 2.24) is 0 Å². The molecular weight excluding hydrogens is 399 g/mol. The molecule has 4 heteroatoms. The highest BCUT2D eigenvalue weighted by molar-refractivity contribution is 9.11. The second-order valence-electron chi connectivity index (χ2n) is 4.72. The fourth-order valence-electron chi connectivity index (χ4n) is 2.45. The zero-order valence-electron chi connectivity index (χ0n) is 10.9. The number of hydrogen-bond donors (Lipinski definition) is 1. The maximum Gasteiger partial charge on any atom is 0.130 e. The van der Waals surface area contributed by atoms with Crippen LogP contribution in [0.5, 0.6) is 0 Å². The van der Waals surface area contributed by atoms with Gasteiger partial charge in [0.1, 0.15) is 11.9 Å². The van der Waals surface area contributed by atoms with Crippen molar-refractivity contribution < 1.29 is 9.50 Å². The predicted molar refractivity (Wildman–Crippen MR) is 89.8 cm³/mol. The monoisotopic (exact) mass is 408 g/mol. The number of aliphatic hydroxyl groups excluding tert-OH is 1. The minimum atomic E-state index is -1.03. The minimum absolute atomic E-state index is 0.255. The van der Waals surface area contributed by atoms with Crippen molar-refractivity contribution in [3.63, 3.8) is 0 Å². The molecule has 0 amide bonds. The van der Waals surface area contributed by atoms with Crippen LogP contribution in [0.3, 0.4) is 0 Å². The number of benzene rings is 3. The number of hydrogen-bond acceptors (Lipinski definition) is 1.